The monoisotopic (exact) mass is 249 g/mol. The largest absolute Gasteiger partial charge is 0.494 e. The molecule has 1 heterocycles. The van der Waals surface area contributed by atoms with E-state index in [0.29, 0.717) is 13.1 Å². The second kappa shape index (κ2) is 5.18. The average molecular weight is 249 g/mol. The Balaban J connectivity index is 2.20. The van der Waals surface area contributed by atoms with Gasteiger partial charge in [-0.2, -0.15) is 5.10 Å². The molecular formula is C13H16FN3O. The van der Waals surface area contributed by atoms with Crippen LogP contribution < -0.4 is 10.5 Å². The molecule has 0 atom stereocenters. The van der Waals surface area contributed by atoms with Crippen LogP contribution in [0.2, 0.25) is 0 Å². The number of benzene rings is 1. The third kappa shape index (κ3) is 2.51. The van der Waals surface area contributed by atoms with Gasteiger partial charge in [0.15, 0.2) is 11.6 Å². The summed E-state index contributed by atoms with van der Waals surface area (Å²) < 4.78 is 20.2. The third-order valence-electron chi connectivity index (χ3n) is 2.83. The number of halogens is 1. The first-order valence-corrected chi connectivity index (χ1v) is 5.69. The lowest BCUT2D eigenvalue weighted by Gasteiger charge is -2.05. The highest BCUT2D eigenvalue weighted by molar-refractivity contribution is 5.29. The number of rotatable bonds is 4. The molecular weight excluding hydrogens is 233 g/mol. The van der Waals surface area contributed by atoms with Crippen molar-refractivity contribution in [2.45, 2.75) is 20.0 Å². The first-order chi connectivity index (χ1) is 8.63. The predicted octanol–water partition coefficient (Wildman–Crippen LogP) is 1.85. The van der Waals surface area contributed by atoms with Gasteiger partial charge in [-0.05, 0) is 24.6 Å². The second-order valence-electron chi connectivity index (χ2n) is 4.11. The Bertz CT molecular complexity index is 551. The van der Waals surface area contributed by atoms with Crippen LogP contribution >= 0.6 is 0 Å². The highest BCUT2D eigenvalue weighted by Gasteiger charge is 2.06. The van der Waals surface area contributed by atoms with Crippen LogP contribution in [0.5, 0.6) is 5.75 Å². The van der Waals surface area contributed by atoms with Crippen LogP contribution in [-0.4, -0.2) is 16.9 Å². The Hall–Kier alpha value is -1.88. The van der Waals surface area contributed by atoms with E-state index in [0.717, 1.165) is 16.8 Å². The maximum absolute atomic E-state index is 13.5. The fourth-order valence-corrected chi connectivity index (χ4v) is 1.84. The van der Waals surface area contributed by atoms with Crippen LogP contribution in [0.15, 0.2) is 24.4 Å². The van der Waals surface area contributed by atoms with Gasteiger partial charge in [0.05, 0.1) is 19.3 Å². The molecule has 0 unspecified atom stereocenters. The molecule has 2 aromatic rings. The smallest absolute Gasteiger partial charge is 0.165 e. The van der Waals surface area contributed by atoms with E-state index in [9.17, 15) is 4.39 Å². The Morgan fingerprint density at radius 2 is 2.22 bits per heavy atom. The van der Waals surface area contributed by atoms with Crippen LogP contribution in [-0.2, 0) is 13.1 Å². The van der Waals surface area contributed by atoms with Crippen molar-refractivity contribution >= 4 is 0 Å². The molecule has 0 saturated heterocycles. The lowest BCUT2D eigenvalue weighted by Crippen LogP contribution is -2.01. The normalized spacial score (nSPS) is 10.7. The predicted molar refractivity (Wildman–Crippen MR) is 66.9 cm³/mol. The van der Waals surface area contributed by atoms with E-state index in [4.69, 9.17) is 10.5 Å². The summed E-state index contributed by atoms with van der Waals surface area (Å²) in [6, 6.07) is 4.89. The van der Waals surface area contributed by atoms with E-state index in [-0.39, 0.29) is 11.6 Å². The fraction of sp³-hybridized carbons (Fsp3) is 0.308. The molecule has 18 heavy (non-hydrogen) atoms. The van der Waals surface area contributed by atoms with Gasteiger partial charge in [0.25, 0.3) is 0 Å². The first kappa shape index (κ1) is 12.6. The van der Waals surface area contributed by atoms with Crippen LogP contribution in [0.1, 0.15) is 16.8 Å². The van der Waals surface area contributed by atoms with Crippen molar-refractivity contribution in [3.8, 4) is 5.75 Å². The number of nitrogens with zero attached hydrogens (tertiary/aromatic N) is 2. The Labute approximate surface area is 105 Å². The average Bonchev–Trinajstić information content (AvgIpc) is 2.69. The van der Waals surface area contributed by atoms with Gasteiger partial charge in [0, 0.05) is 18.3 Å². The minimum atomic E-state index is -0.363. The molecule has 0 spiro atoms. The Morgan fingerprint density at radius 1 is 1.44 bits per heavy atom. The number of hydrogen-bond acceptors (Lipinski definition) is 3. The van der Waals surface area contributed by atoms with Crippen LogP contribution in [0, 0.1) is 12.7 Å². The standard InChI is InChI=1S/C13H16FN3O/c1-9-11(6-15)8-17(16-9)7-10-3-4-13(18-2)12(14)5-10/h3-5,8H,6-7,15H2,1-2H3. The van der Waals surface area contributed by atoms with E-state index in [1.165, 1.54) is 13.2 Å². The number of nitrogens with two attached hydrogens (primary N) is 1. The molecule has 0 aliphatic heterocycles. The molecule has 2 N–H and O–H groups in total. The second-order valence-corrected chi connectivity index (χ2v) is 4.11. The number of ether oxygens (including phenoxy) is 1. The zero-order valence-corrected chi connectivity index (χ0v) is 10.5. The van der Waals surface area contributed by atoms with Gasteiger partial charge in [0.1, 0.15) is 0 Å². The van der Waals surface area contributed by atoms with Gasteiger partial charge < -0.3 is 10.5 Å². The van der Waals surface area contributed by atoms with E-state index >= 15 is 0 Å². The molecule has 4 nitrogen and oxygen atoms in total. The molecule has 96 valence electrons. The summed E-state index contributed by atoms with van der Waals surface area (Å²) in [6.07, 6.45) is 1.89. The van der Waals surface area contributed by atoms with Crippen LogP contribution in [0.3, 0.4) is 0 Å². The van der Waals surface area contributed by atoms with E-state index in [1.807, 2.05) is 19.2 Å². The molecule has 0 aliphatic rings. The molecule has 0 saturated carbocycles. The molecule has 0 amide bonds. The SMILES string of the molecule is COc1ccc(Cn2cc(CN)c(C)n2)cc1F. The van der Waals surface area contributed by atoms with Crippen molar-refractivity contribution in [3.63, 3.8) is 0 Å². The number of hydrogen-bond donors (Lipinski definition) is 1. The highest BCUT2D eigenvalue weighted by Crippen LogP contribution is 2.18. The molecule has 5 heteroatoms. The quantitative estimate of drug-likeness (QED) is 0.899. The molecule has 0 radical (unpaired) electrons. The zero-order valence-electron chi connectivity index (χ0n) is 10.5. The van der Waals surface area contributed by atoms with Crippen molar-refractivity contribution < 1.29 is 9.13 Å². The number of aryl methyl sites for hydroxylation is 1. The summed E-state index contributed by atoms with van der Waals surface area (Å²) in [5, 5.41) is 4.33. The van der Waals surface area contributed by atoms with Gasteiger partial charge in [-0.15, -0.1) is 0 Å². The van der Waals surface area contributed by atoms with E-state index < -0.39 is 0 Å². The minimum Gasteiger partial charge on any atom is -0.494 e. The Morgan fingerprint density at radius 3 is 2.78 bits per heavy atom. The van der Waals surface area contributed by atoms with E-state index in [1.54, 1.807) is 10.7 Å². The molecule has 0 bridgehead atoms. The molecule has 0 fully saturated rings. The summed E-state index contributed by atoms with van der Waals surface area (Å²) in [6.45, 7) is 2.89. The maximum atomic E-state index is 13.5. The number of methoxy groups -OCH3 is 1. The maximum Gasteiger partial charge on any atom is 0.165 e. The van der Waals surface area contributed by atoms with Gasteiger partial charge in [0.2, 0.25) is 0 Å². The van der Waals surface area contributed by atoms with Gasteiger partial charge in [-0.3, -0.25) is 4.68 Å². The molecule has 0 aliphatic carbocycles. The van der Waals surface area contributed by atoms with Gasteiger partial charge in [-0.1, -0.05) is 6.07 Å². The zero-order chi connectivity index (χ0) is 13.1. The molecule has 1 aromatic heterocycles. The van der Waals surface area contributed by atoms with Crippen molar-refractivity contribution in [3.05, 3.63) is 47.0 Å². The van der Waals surface area contributed by atoms with Crippen molar-refractivity contribution in [2.24, 2.45) is 5.73 Å². The lowest BCUT2D eigenvalue weighted by atomic mass is 10.2. The van der Waals surface area contributed by atoms with Crippen molar-refractivity contribution in [1.82, 2.24) is 9.78 Å². The summed E-state index contributed by atoms with van der Waals surface area (Å²) in [5.74, 6) is -0.115. The minimum absolute atomic E-state index is 0.248. The van der Waals surface area contributed by atoms with E-state index in [2.05, 4.69) is 5.10 Å². The fourth-order valence-electron chi connectivity index (χ4n) is 1.84. The number of aromatic nitrogens is 2. The van der Waals surface area contributed by atoms with Crippen LogP contribution in [0.4, 0.5) is 4.39 Å². The van der Waals surface area contributed by atoms with Gasteiger partial charge >= 0.3 is 0 Å². The third-order valence-corrected chi connectivity index (χ3v) is 2.83. The van der Waals surface area contributed by atoms with Crippen molar-refractivity contribution in [1.29, 1.82) is 0 Å². The first-order valence-electron chi connectivity index (χ1n) is 5.69. The van der Waals surface area contributed by atoms with Gasteiger partial charge in [-0.25, -0.2) is 4.39 Å². The lowest BCUT2D eigenvalue weighted by molar-refractivity contribution is 0.386. The topological polar surface area (TPSA) is 53.1 Å². The molecule has 1 aromatic carbocycles. The summed E-state index contributed by atoms with van der Waals surface area (Å²) in [7, 11) is 1.45. The van der Waals surface area contributed by atoms with Crippen LogP contribution in [0.25, 0.3) is 0 Å². The summed E-state index contributed by atoms with van der Waals surface area (Å²) in [5.41, 5.74) is 8.33. The highest BCUT2D eigenvalue weighted by atomic mass is 19.1. The Kier molecular flexibility index (Phi) is 3.62. The summed E-state index contributed by atoms with van der Waals surface area (Å²) >= 11 is 0. The summed E-state index contributed by atoms with van der Waals surface area (Å²) in [4.78, 5) is 0. The molecule has 2 rings (SSSR count). The van der Waals surface area contributed by atoms with Crippen molar-refractivity contribution in [2.75, 3.05) is 7.11 Å².